The molecule has 2 saturated carbocycles. The van der Waals surface area contributed by atoms with Gasteiger partial charge in [0.1, 0.15) is 17.2 Å². The molecule has 3 aromatic rings. The van der Waals surface area contributed by atoms with Crippen molar-refractivity contribution >= 4 is 0 Å². The minimum atomic E-state index is -0.786. The Balaban J connectivity index is 1.66. The molecule has 3 heteroatoms. The summed E-state index contributed by atoms with van der Waals surface area (Å²) in [6.07, 6.45) is 20.9. The van der Waals surface area contributed by atoms with E-state index in [1.54, 1.807) is 6.07 Å². The SMILES string of the molecule is CCCCCCCCCC(c1cccc(O)c1)(c1cccc(C2CCCCC2)c1O)c1cccc(C2CCCCC2)c1O. The van der Waals surface area contributed by atoms with Gasteiger partial charge >= 0.3 is 0 Å². The van der Waals surface area contributed by atoms with Gasteiger partial charge in [0, 0.05) is 11.1 Å². The first-order valence-corrected chi connectivity index (χ1v) is 17.5. The van der Waals surface area contributed by atoms with Gasteiger partial charge in [0.05, 0.1) is 5.41 Å². The van der Waals surface area contributed by atoms with Gasteiger partial charge in [-0.05, 0) is 72.8 Å². The summed E-state index contributed by atoms with van der Waals surface area (Å²) in [5, 5.41) is 35.3. The maximum absolute atomic E-state index is 12.2. The van der Waals surface area contributed by atoms with E-state index in [4.69, 9.17) is 0 Å². The molecule has 0 amide bonds. The van der Waals surface area contributed by atoms with Crippen LogP contribution in [0, 0.1) is 0 Å². The molecule has 232 valence electrons. The average Bonchev–Trinajstić information content (AvgIpc) is 3.04. The van der Waals surface area contributed by atoms with E-state index in [0.29, 0.717) is 23.3 Å². The predicted octanol–water partition coefficient (Wildman–Crippen LogP) is 11.4. The van der Waals surface area contributed by atoms with Gasteiger partial charge < -0.3 is 15.3 Å². The predicted molar refractivity (Wildman–Crippen MR) is 178 cm³/mol. The largest absolute Gasteiger partial charge is 0.508 e. The van der Waals surface area contributed by atoms with Gasteiger partial charge in [-0.2, -0.15) is 0 Å². The molecule has 3 N–H and O–H groups in total. The van der Waals surface area contributed by atoms with E-state index in [0.717, 1.165) is 72.8 Å². The van der Waals surface area contributed by atoms with E-state index in [1.807, 2.05) is 12.1 Å². The van der Waals surface area contributed by atoms with Crippen LogP contribution in [-0.4, -0.2) is 15.3 Å². The second kappa shape index (κ2) is 15.2. The van der Waals surface area contributed by atoms with Crippen LogP contribution in [0.15, 0.2) is 60.7 Å². The number of para-hydroxylation sites is 2. The third kappa shape index (κ3) is 7.08. The molecular formula is C40H54O3. The van der Waals surface area contributed by atoms with E-state index in [-0.39, 0.29) is 5.75 Å². The second-order valence-electron chi connectivity index (χ2n) is 13.5. The Morgan fingerprint density at radius 1 is 0.581 bits per heavy atom. The zero-order valence-corrected chi connectivity index (χ0v) is 26.5. The topological polar surface area (TPSA) is 60.7 Å². The van der Waals surface area contributed by atoms with Gasteiger partial charge in [0.25, 0.3) is 0 Å². The van der Waals surface area contributed by atoms with Crippen molar-refractivity contribution in [2.45, 2.75) is 140 Å². The summed E-state index contributed by atoms with van der Waals surface area (Å²) in [6.45, 7) is 2.26. The number of phenolic OH excluding ortho intramolecular Hbond substituents is 3. The van der Waals surface area contributed by atoms with Gasteiger partial charge in [-0.3, -0.25) is 0 Å². The van der Waals surface area contributed by atoms with Crippen LogP contribution in [0.2, 0.25) is 0 Å². The molecule has 0 unspecified atom stereocenters. The molecule has 5 rings (SSSR count). The summed E-state index contributed by atoms with van der Waals surface area (Å²) in [5.41, 5.74) is 3.97. The lowest BCUT2D eigenvalue weighted by Crippen LogP contribution is -2.30. The standard InChI is InChI=1S/C40H54O3/c1-2-3-4-5-6-7-14-28-40(32-22-15-23-33(41)29-32,36-26-16-24-34(38(36)42)30-18-10-8-11-19-30)37-27-17-25-35(39(37)43)31-20-12-9-13-21-31/h15-17,22-27,29-31,41-43H,2-14,18-21,28H2,1H3. The molecule has 43 heavy (non-hydrogen) atoms. The second-order valence-corrected chi connectivity index (χ2v) is 13.5. The number of hydrogen-bond acceptors (Lipinski definition) is 3. The van der Waals surface area contributed by atoms with Crippen LogP contribution in [0.5, 0.6) is 17.2 Å². The highest BCUT2D eigenvalue weighted by molar-refractivity contribution is 5.62. The van der Waals surface area contributed by atoms with Gasteiger partial charge in [0.2, 0.25) is 0 Å². The normalized spacial score (nSPS) is 16.9. The minimum absolute atomic E-state index is 0.215. The molecule has 0 saturated heterocycles. The fourth-order valence-corrected chi connectivity index (χ4v) is 8.29. The van der Waals surface area contributed by atoms with Crippen molar-refractivity contribution in [2.24, 2.45) is 0 Å². The van der Waals surface area contributed by atoms with Crippen LogP contribution >= 0.6 is 0 Å². The van der Waals surface area contributed by atoms with Crippen molar-refractivity contribution in [3.63, 3.8) is 0 Å². The summed E-state index contributed by atoms with van der Waals surface area (Å²) in [5.74, 6) is 1.69. The Morgan fingerprint density at radius 3 is 1.58 bits per heavy atom. The first-order valence-electron chi connectivity index (χ1n) is 17.5. The zero-order valence-electron chi connectivity index (χ0n) is 26.5. The Bertz CT molecular complexity index is 1230. The van der Waals surface area contributed by atoms with Crippen molar-refractivity contribution in [3.8, 4) is 17.2 Å². The summed E-state index contributed by atoms with van der Waals surface area (Å²) in [6, 6.07) is 20.2. The number of phenols is 3. The van der Waals surface area contributed by atoms with Crippen molar-refractivity contribution < 1.29 is 15.3 Å². The van der Waals surface area contributed by atoms with E-state index in [9.17, 15) is 15.3 Å². The van der Waals surface area contributed by atoms with Crippen molar-refractivity contribution in [1.82, 2.24) is 0 Å². The minimum Gasteiger partial charge on any atom is -0.508 e. The molecule has 2 aliphatic rings. The highest BCUT2D eigenvalue weighted by atomic mass is 16.3. The summed E-state index contributed by atoms with van der Waals surface area (Å²) < 4.78 is 0. The molecule has 0 bridgehead atoms. The van der Waals surface area contributed by atoms with E-state index in [2.05, 4.69) is 49.4 Å². The van der Waals surface area contributed by atoms with Crippen LogP contribution < -0.4 is 0 Å². The Labute approximate surface area is 260 Å². The van der Waals surface area contributed by atoms with E-state index >= 15 is 0 Å². The molecule has 0 heterocycles. The van der Waals surface area contributed by atoms with Crippen LogP contribution in [0.25, 0.3) is 0 Å². The number of benzene rings is 3. The molecule has 2 fully saturated rings. The van der Waals surface area contributed by atoms with Gasteiger partial charge in [-0.25, -0.2) is 0 Å². The van der Waals surface area contributed by atoms with E-state index in [1.165, 1.54) is 70.6 Å². The lowest BCUT2D eigenvalue weighted by atomic mass is 9.64. The fourth-order valence-electron chi connectivity index (χ4n) is 8.29. The monoisotopic (exact) mass is 582 g/mol. The molecule has 3 aromatic carbocycles. The van der Waals surface area contributed by atoms with Crippen molar-refractivity contribution in [2.75, 3.05) is 0 Å². The number of unbranched alkanes of at least 4 members (excludes halogenated alkanes) is 6. The maximum Gasteiger partial charge on any atom is 0.123 e. The fraction of sp³-hybridized carbons (Fsp3) is 0.550. The lowest BCUT2D eigenvalue weighted by Gasteiger charge is -2.39. The Morgan fingerprint density at radius 2 is 1.07 bits per heavy atom. The molecular weight excluding hydrogens is 528 g/mol. The third-order valence-electron chi connectivity index (χ3n) is 10.6. The molecule has 0 aromatic heterocycles. The summed E-state index contributed by atoms with van der Waals surface area (Å²) in [7, 11) is 0. The van der Waals surface area contributed by atoms with Crippen molar-refractivity contribution in [3.05, 3.63) is 88.5 Å². The summed E-state index contributed by atoms with van der Waals surface area (Å²) in [4.78, 5) is 0. The molecule has 0 spiro atoms. The van der Waals surface area contributed by atoms with Crippen LogP contribution in [0.4, 0.5) is 0 Å². The maximum atomic E-state index is 12.2. The molecule has 0 radical (unpaired) electrons. The number of aromatic hydroxyl groups is 3. The van der Waals surface area contributed by atoms with Gasteiger partial charge in [-0.1, -0.05) is 139 Å². The average molecular weight is 583 g/mol. The summed E-state index contributed by atoms with van der Waals surface area (Å²) >= 11 is 0. The van der Waals surface area contributed by atoms with E-state index < -0.39 is 5.41 Å². The van der Waals surface area contributed by atoms with Gasteiger partial charge in [0.15, 0.2) is 0 Å². The molecule has 0 atom stereocenters. The smallest absolute Gasteiger partial charge is 0.123 e. The van der Waals surface area contributed by atoms with Gasteiger partial charge in [-0.15, -0.1) is 0 Å². The third-order valence-corrected chi connectivity index (χ3v) is 10.6. The highest BCUT2D eigenvalue weighted by Crippen LogP contribution is 2.53. The molecule has 3 nitrogen and oxygen atoms in total. The highest BCUT2D eigenvalue weighted by Gasteiger charge is 2.42. The van der Waals surface area contributed by atoms with Crippen LogP contribution in [0.3, 0.4) is 0 Å². The van der Waals surface area contributed by atoms with Crippen LogP contribution in [0.1, 0.15) is 162 Å². The Hall–Kier alpha value is -2.94. The quantitative estimate of drug-likeness (QED) is 0.139. The zero-order chi connectivity index (χ0) is 30.1. The lowest BCUT2D eigenvalue weighted by molar-refractivity contribution is 0.386. The van der Waals surface area contributed by atoms with Crippen LogP contribution in [-0.2, 0) is 5.41 Å². The number of hydrogen-bond donors (Lipinski definition) is 3. The Kier molecular flexibility index (Phi) is 11.1. The molecule has 0 aliphatic heterocycles. The first kappa shape index (κ1) is 31.5. The van der Waals surface area contributed by atoms with Crippen molar-refractivity contribution in [1.29, 1.82) is 0 Å². The number of rotatable bonds is 13. The first-order chi connectivity index (χ1) is 21.1. The molecule has 2 aliphatic carbocycles.